The summed E-state index contributed by atoms with van der Waals surface area (Å²) in [5, 5.41) is 0. The van der Waals surface area contributed by atoms with Crippen molar-refractivity contribution in [1.82, 2.24) is 0 Å². The zero-order valence-electron chi connectivity index (χ0n) is 13.8. The monoisotopic (exact) mass is 388 g/mol. The van der Waals surface area contributed by atoms with Crippen molar-refractivity contribution in [3.63, 3.8) is 0 Å². The Morgan fingerprint density at radius 3 is 1.80 bits per heavy atom. The third-order valence-corrected chi connectivity index (χ3v) is 5.18. The Bertz CT molecular complexity index is 588. The summed E-state index contributed by atoms with van der Waals surface area (Å²) < 4.78 is 61.5. The molecule has 0 aromatic heterocycles. The van der Waals surface area contributed by atoms with Crippen molar-refractivity contribution >= 4 is 15.9 Å². The van der Waals surface area contributed by atoms with Gasteiger partial charge in [0.25, 0.3) is 0 Å². The van der Waals surface area contributed by atoms with Gasteiger partial charge in [-0.3, -0.25) is 4.79 Å². The van der Waals surface area contributed by atoms with E-state index in [1.165, 1.54) is 6.08 Å². The molecule has 2 aliphatic rings. The molecule has 4 nitrogen and oxygen atoms in total. The van der Waals surface area contributed by atoms with E-state index in [-0.39, 0.29) is 26.0 Å². The van der Waals surface area contributed by atoms with Crippen molar-refractivity contribution in [1.29, 1.82) is 0 Å². The number of allylic oxidation sites excluding steroid dienone is 2. The summed E-state index contributed by atoms with van der Waals surface area (Å²) in [6, 6.07) is 0. The molecule has 0 N–H and O–H groups in total. The summed E-state index contributed by atoms with van der Waals surface area (Å²) in [6.45, 7) is 7.33. The molecule has 150 valence electrons. The van der Waals surface area contributed by atoms with E-state index in [4.69, 9.17) is 0 Å². The molecule has 0 aromatic rings. The summed E-state index contributed by atoms with van der Waals surface area (Å²) >= 11 is 0. The van der Waals surface area contributed by atoms with Crippen LogP contribution in [0.3, 0.4) is 0 Å². The number of carbonyl (C=O) groups excluding carboxylic acids is 1. The maximum atomic E-state index is 12.0. The van der Waals surface area contributed by atoms with Crippen molar-refractivity contribution < 1.29 is 30.6 Å². The fourth-order valence-corrected chi connectivity index (χ4v) is 3.07. The maximum Gasteiger partial charge on any atom is 0.534 e. The molecule has 0 radical (unpaired) electrons. The Hall–Kier alpha value is -1.05. The van der Waals surface area contributed by atoms with Crippen molar-refractivity contribution in [2.45, 2.75) is 80.2 Å². The van der Waals surface area contributed by atoms with Crippen molar-refractivity contribution in [3.8, 4) is 0 Å². The molecule has 0 aromatic carbocycles. The molecule has 8 heteroatoms. The van der Waals surface area contributed by atoms with Crippen molar-refractivity contribution in [2.24, 2.45) is 10.8 Å². The second-order valence-electron chi connectivity index (χ2n) is 7.13. The zero-order valence-corrected chi connectivity index (χ0v) is 14.6. The van der Waals surface area contributed by atoms with E-state index in [1.807, 2.05) is 13.8 Å². The first-order valence-corrected chi connectivity index (χ1v) is 8.85. The van der Waals surface area contributed by atoms with Gasteiger partial charge in [-0.1, -0.05) is 42.5 Å². The van der Waals surface area contributed by atoms with Crippen LogP contribution < -0.4 is 0 Å². The van der Waals surface area contributed by atoms with Gasteiger partial charge in [-0.15, -0.1) is 0 Å². The van der Waals surface area contributed by atoms with Gasteiger partial charge in [-0.2, -0.15) is 21.6 Å². The molecular formula is C17H31F3O4S. The van der Waals surface area contributed by atoms with Crippen molar-refractivity contribution in [3.05, 3.63) is 11.8 Å². The molecule has 0 saturated heterocycles. The standard InChI is InChI=1S/C8H11F3O3S.C7H12O.2CH4/c1-7(2)5-3-4-6(7)14-15(12,13)8(9,10)11;1-7(2)5-3-4-6(7)8;;/h4H,3,5H2,1-2H3;3-5H2,1-2H3;2*1H4. The van der Waals surface area contributed by atoms with Crippen LogP contribution in [0.15, 0.2) is 11.8 Å². The smallest absolute Gasteiger partial charge is 0.380 e. The zero-order chi connectivity index (χ0) is 18.1. The van der Waals surface area contributed by atoms with E-state index in [0.717, 1.165) is 19.3 Å². The van der Waals surface area contributed by atoms with Gasteiger partial charge in [0.05, 0.1) is 0 Å². The van der Waals surface area contributed by atoms with E-state index < -0.39 is 21.0 Å². The van der Waals surface area contributed by atoms with Crippen LogP contribution in [0.5, 0.6) is 0 Å². The Balaban J connectivity index is 0. The van der Waals surface area contributed by atoms with E-state index in [1.54, 1.807) is 13.8 Å². The quantitative estimate of drug-likeness (QED) is 0.457. The van der Waals surface area contributed by atoms with Crippen molar-refractivity contribution in [2.75, 3.05) is 0 Å². The molecule has 0 atom stereocenters. The van der Waals surface area contributed by atoms with Crippen LogP contribution >= 0.6 is 0 Å². The fourth-order valence-electron chi connectivity index (χ4n) is 2.44. The van der Waals surface area contributed by atoms with Crippen LogP contribution in [0.1, 0.15) is 74.7 Å². The number of ketones is 1. The second kappa shape index (κ2) is 8.56. The topological polar surface area (TPSA) is 60.4 Å². The lowest BCUT2D eigenvalue weighted by Crippen LogP contribution is -2.27. The number of rotatable bonds is 2. The lowest BCUT2D eigenvalue weighted by molar-refractivity contribution is -0.124. The molecule has 0 unspecified atom stereocenters. The summed E-state index contributed by atoms with van der Waals surface area (Å²) in [6.07, 6.45) is 5.49. The van der Waals surface area contributed by atoms with Crippen LogP contribution in [-0.4, -0.2) is 19.7 Å². The molecule has 0 aliphatic heterocycles. The minimum absolute atomic E-state index is 0. The summed E-state index contributed by atoms with van der Waals surface area (Å²) in [5.74, 6) is 0.317. The molecule has 25 heavy (non-hydrogen) atoms. The number of hydrogen-bond acceptors (Lipinski definition) is 4. The largest absolute Gasteiger partial charge is 0.534 e. The Morgan fingerprint density at radius 1 is 1.04 bits per heavy atom. The molecule has 2 aliphatic carbocycles. The number of halogens is 3. The molecule has 0 spiro atoms. The lowest BCUT2D eigenvalue weighted by atomic mass is 9.91. The maximum absolute atomic E-state index is 12.0. The summed E-state index contributed by atoms with van der Waals surface area (Å²) in [5.41, 5.74) is -6.01. The predicted octanol–water partition coefficient (Wildman–Crippen LogP) is 5.59. The average Bonchev–Trinajstić information content (AvgIpc) is 2.82. The Morgan fingerprint density at radius 2 is 1.56 bits per heavy atom. The van der Waals surface area contributed by atoms with E-state index in [0.29, 0.717) is 18.6 Å². The van der Waals surface area contributed by atoms with Crippen LogP contribution in [0.4, 0.5) is 13.2 Å². The Kier molecular flexibility index (Phi) is 8.96. The third-order valence-electron chi connectivity index (χ3n) is 4.21. The van der Waals surface area contributed by atoms with Gasteiger partial charge in [0, 0.05) is 17.3 Å². The second-order valence-corrected chi connectivity index (χ2v) is 8.67. The fraction of sp³-hybridized carbons (Fsp3) is 0.824. The first-order valence-electron chi connectivity index (χ1n) is 7.44. The van der Waals surface area contributed by atoms with E-state index in [9.17, 15) is 26.4 Å². The minimum atomic E-state index is -5.52. The van der Waals surface area contributed by atoms with Gasteiger partial charge in [-0.25, -0.2) is 0 Å². The summed E-state index contributed by atoms with van der Waals surface area (Å²) in [7, 11) is -5.52. The minimum Gasteiger partial charge on any atom is -0.380 e. The predicted molar refractivity (Wildman–Crippen MR) is 93.3 cm³/mol. The van der Waals surface area contributed by atoms with Gasteiger partial charge in [0.15, 0.2) is 0 Å². The summed E-state index contributed by atoms with van der Waals surface area (Å²) in [4.78, 5) is 10.9. The number of carbonyl (C=O) groups is 1. The van der Waals surface area contributed by atoms with E-state index >= 15 is 0 Å². The highest BCUT2D eigenvalue weighted by atomic mass is 32.2. The van der Waals surface area contributed by atoms with Gasteiger partial charge in [0.2, 0.25) is 0 Å². The Labute approximate surface area is 150 Å². The number of hydrogen-bond donors (Lipinski definition) is 0. The van der Waals surface area contributed by atoms with Crippen LogP contribution in [0, 0.1) is 10.8 Å². The van der Waals surface area contributed by atoms with Crippen LogP contribution in [0.2, 0.25) is 0 Å². The average molecular weight is 388 g/mol. The normalized spacial score (nSPS) is 21.2. The number of alkyl halides is 3. The number of Topliss-reactive ketones (excluding diaryl/α,β-unsaturated/α-hetero) is 1. The highest BCUT2D eigenvalue weighted by Crippen LogP contribution is 2.41. The molecule has 2 rings (SSSR count). The molecule has 0 bridgehead atoms. The SMILES string of the molecule is C.C.CC1(C)CCC=C1OS(=O)(=O)C(F)(F)F.CC1(C)CCCC1=O. The molecule has 0 heterocycles. The highest BCUT2D eigenvalue weighted by molar-refractivity contribution is 7.87. The van der Waals surface area contributed by atoms with Crippen LogP contribution in [0.25, 0.3) is 0 Å². The molecular weight excluding hydrogens is 357 g/mol. The first kappa shape index (κ1) is 26.2. The van der Waals surface area contributed by atoms with Crippen LogP contribution in [-0.2, 0) is 19.1 Å². The highest BCUT2D eigenvalue weighted by Gasteiger charge is 2.50. The molecule has 1 fully saturated rings. The third kappa shape index (κ3) is 6.64. The van der Waals surface area contributed by atoms with Gasteiger partial charge in [0.1, 0.15) is 11.5 Å². The van der Waals surface area contributed by atoms with Gasteiger partial charge < -0.3 is 4.18 Å². The van der Waals surface area contributed by atoms with Gasteiger partial charge >= 0.3 is 15.6 Å². The molecule has 0 amide bonds. The van der Waals surface area contributed by atoms with E-state index in [2.05, 4.69) is 4.18 Å². The lowest BCUT2D eigenvalue weighted by Gasteiger charge is -2.22. The van der Waals surface area contributed by atoms with Gasteiger partial charge in [-0.05, 0) is 31.8 Å². The molecule has 1 saturated carbocycles. The first-order chi connectivity index (χ1) is 10.2.